The first-order valence-corrected chi connectivity index (χ1v) is 6.30. The highest BCUT2D eigenvalue weighted by Gasteiger charge is 2.16. The lowest BCUT2D eigenvalue weighted by molar-refractivity contribution is 0.726. The summed E-state index contributed by atoms with van der Waals surface area (Å²) in [5.41, 5.74) is 1.15. The molecule has 2 nitrogen and oxygen atoms in total. The maximum atomic E-state index is 4.45. The third-order valence-corrected chi connectivity index (χ3v) is 3.42. The van der Waals surface area contributed by atoms with Crippen molar-refractivity contribution in [1.82, 2.24) is 5.32 Å². The first-order valence-electron chi connectivity index (χ1n) is 4.43. The van der Waals surface area contributed by atoms with Crippen molar-refractivity contribution in [3.63, 3.8) is 0 Å². The number of halogens is 2. The Labute approximate surface area is 105 Å². The van der Waals surface area contributed by atoms with Gasteiger partial charge >= 0.3 is 0 Å². The second-order valence-electron chi connectivity index (χ2n) is 3.36. The molecule has 0 spiro atoms. The Kier molecular flexibility index (Phi) is 3.11. The fraction of sp³-hybridized carbons (Fsp3) is 0.300. The molecule has 2 rings (SSSR count). The zero-order valence-corrected chi connectivity index (χ0v) is 11.5. The molecule has 1 atom stereocenters. The number of hydrogen-bond donors (Lipinski definition) is 1. The summed E-state index contributed by atoms with van der Waals surface area (Å²) in [6.07, 6.45) is 0. The molecule has 4 heteroatoms. The molecular formula is C10H10BrIN2. The van der Waals surface area contributed by atoms with Crippen LogP contribution in [0.25, 0.3) is 0 Å². The molecule has 1 N–H and O–H groups in total. The number of amidine groups is 1. The van der Waals surface area contributed by atoms with Gasteiger partial charge in [0.15, 0.2) is 0 Å². The van der Waals surface area contributed by atoms with E-state index >= 15 is 0 Å². The van der Waals surface area contributed by atoms with Gasteiger partial charge in [-0.3, -0.25) is 4.99 Å². The van der Waals surface area contributed by atoms with Crippen LogP contribution in [-0.2, 0) is 0 Å². The summed E-state index contributed by atoms with van der Waals surface area (Å²) < 4.78 is 2.33. The van der Waals surface area contributed by atoms with E-state index in [1.807, 2.05) is 0 Å². The van der Waals surface area contributed by atoms with Gasteiger partial charge in [-0.15, -0.1) is 0 Å². The number of nitrogens with zero attached hydrogens (tertiary/aromatic N) is 1. The van der Waals surface area contributed by atoms with Crippen LogP contribution in [-0.4, -0.2) is 18.4 Å². The van der Waals surface area contributed by atoms with Crippen molar-refractivity contribution in [2.24, 2.45) is 4.99 Å². The molecule has 0 aromatic heterocycles. The fourth-order valence-corrected chi connectivity index (χ4v) is 2.88. The second-order valence-corrected chi connectivity index (χ2v) is 5.46. The molecule has 0 fully saturated rings. The Morgan fingerprint density at radius 1 is 1.57 bits per heavy atom. The molecule has 0 aliphatic carbocycles. The summed E-state index contributed by atoms with van der Waals surface area (Å²) in [5, 5.41) is 3.35. The largest absolute Gasteiger partial charge is 0.366 e. The van der Waals surface area contributed by atoms with E-state index in [0.29, 0.717) is 6.04 Å². The molecule has 1 aliphatic rings. The monoisotopic (exact) mass is 364 g/mol. The smallest absolute Gasteiger partial charge is 0.129 e. The average Bonchev–Trinajstić information content (AvgIpc) is 2.51. The summed E-state index contributed by atoms with van der Waals surface area (Å²) in [6, 6.07) is 6.74. The van der Waals surface area contributed by atoms with Crippen LogP contribution >= 0.6 is 38.5 Å². The number of benzene rings is 1. The van der Waals surface area contributed by atoms with E-state index < -0.39 is 0 Å². The molecule has 0 saturated carbocycles. The SMILES string of the molecule is CC1CN=C(c2ccc(I)cc2Br)N1. The highest BCUT2D eigenvalue weighted by atomic mass is 127. The molecule has 14 heavy (non-hydrogen) atoms. The molecular weight excluding hydrogens is 355 g/mol. The van der Waals surface area contributed by atoms with Gasteiger partial charge in [-0.05, 0) is 47.7 Å². The van der Waals surface area contributed by atoms with Crippen molar-refractivity contribution in [2.75, 3.05) is 6.54 Å². The Hall–Kier alpha value is -0.100. The number of nitrogens with one attached hydrogen (secondary N) is 1. The van der Waals surface area contributed by atoms with Crippen LogP contribution in [0.4, 0.5) is 0 Å². The van der Waals surface area contributed by atoms with Crippen LogP contribution in [0.3, 0.4) is 0 Å². The predicted octanol–water partition coefficient (Wildman–Crippen LogP) is 2.79. The summed E-state index contributed by atoms with van der Waals surface area (Å²) in [5.74, 6) is 1.00. The van der Waals surface area contributed by atoms with Crippen molar-refractivity contribution >= 4 is 44.4 Å². The van der Waals surface area contributed by atoms with Gasteiger partial charge in [0.1, 0.15) is 5.84 Å². The number of hydrogen-bond acceptors (Lipinski definition) is 2. The van der Waals surface area contributed by atoms with Gasteiger partial charge in [-0.1, -0.05) is 15.9 Å². The molecule has 1 aromatic rings. The van der Waals surface area contributed by atoms with E-state index in [4.69, 9.17) is 0 Å². The molecule has 0 amide bonds. The molecule has 1 aromatic carbocycles. The van der Waals surface area contributed by atoms with Crippen LogP contribution in [0, 0.1) is 3.57 Å². The van der Waals surface area contributed by atoms with Crippen LogP contribution in [0.5, 0.6) is 0 Å². The lowest BCUT2D eigenvalue weighted by Crippen LogP contribution is -2.27. The van der Waals surface area contributed by atoms with Crippen LogP contribution in [0.1, 0.15) is 12.5 Å². The Morgan fingerprint density at radius 3 is 2.93 bits per heavy atom. The molecule has 1 aliphatic heterocycles. The van der Waals surface area contributed by atoms with E-state index in [0.717, 1.165) is 22.4 Å². The fourth-order valence-electron chi connectivity index (χ4n) is 1.40. The third kappa shape index (κ3) is 2.11. The normalized spacial score (nSPS) is 20.5. The second kappa shape index (κ2) is 4.18. The van der Waals surface area contributed by atoms with Crippen molar-refractivity contribution < 1.29 is 0 Å². The van der Waals surface area contributed by atoms with Gasteiger partial charge in [-0.2, -0.15) is 0 Å². The van der Waals surface area contributed by atoms with Crippen LogP contribution in [0.2, 0.25) is 0 Å². The topological polar surface area (TPSA) is 24.4 Å². The van der Waals surface area contributed by atoms with E-state index in [1.54, 1.807) is 0 Å². The third-order valence-electron chi connectivity index (χ3n) is 2.09. The van der Waals surface area contributed by atoms with Gasteiger partial charge in [0.25, 0.3) is 0 Å². The number of rotatable bonds is 1. The molecule has 0 bridgehead atoms. The minimum Gasteiger partial charge on any atom is -0.366 e. The number of aliphatic imine (C=N–C) groups is 1. The first-order chi connectivity index (χ1) is 6.66. The van der Waals surface area contributed by atoms with Crippen LogP contribution < -0.4 is 5.32 Å². The summed E-state index contributed by atoms with van der Waals surface area (Å²) in [4.78, 5) is 4.45. The lowest BCUT2D eigenvalue weighted by atomic mass is 10.2. The van der Waals surface area contributed by atoms with E-state index in [2.05, 4.69) is 74.0 Å². The van der Waals surface area contributed by atoms with Gasteiger partial charge in [0.05, 0.1) is 6.54 Å². The van der Waals surface area contributed by atoms with Crippen LogP contribution in [0.15, 0.2) is 27.7 Å². The molecule has 74 valence electrons. The first kappa shape index (κ1) is 10.4. The minimum absolute atomic E-state index is 0.455. The predicted molar refractivity (Wildman–Crippen MR) is 70.9 cm³/mol. The summed E-state index contributed by atoms with van der Waals surface area (Å²) >= 11 is 5.85. The lowest BCUT2D eigenvalue weighted by Gasteiger charge is -2.07. The van der Waals surface area contributed by atoms with Gasteiger partial charge in [0.2, 0.25) is 0 Å². The summed E-state index contributed by atoms with van der Waals surface area (Å²) in [6.45, 7) is 3.00. The van der Waals surface area contributed by atoms with Crippen molar-refractivity contribution in [2.45, 2.75) is 13.0 Å². The maximum Gasteiger partial charge on any atom is 0.129 e. The Bertz CT molecular complexity index is 390. The molecule has 0 radical (unpaired) electrons. The quantitative estimate of drug-likeness (QED) is 0.761. The van der Waals surface area contributed by atoms with Crippen molar-refractivity contribution in [3.05, 3.63) is 31.8 Å². The Balaban J connectivity index is 2.33. The van der Waals surface area contributed by atoms with Gasteiger partial charge < -0.3 is 5.32 Å². The average molecular weight is 365 g/mol. The van der Waals surface area contributed by atoms with Gasteiger partial charge in [0, 0.05) is 19.6 Å². The molecule has 0 saturated heterocycles. The minimum atomic E-state index is 0.455. The van der Waals surface area contributed by atoms with Crippen molar-refractivity contribution in [1.29, 1.82) is 0 Å². The van der Waals surface area contributed by atoms with Crippen molar-refractivity contribution in [3.8, 4) is 0 Å². The van der Waals surface area contributed by atoms with E-state index in [9.17, 15) is 0 Å². The van der Waals surface area contributed by atoms with E-state index in [1.165, 1.54) is 3.57 Å². The summed E-state index contributed by atoms with van der Waals surface area (Å²) in [7, 11) is 0. The Morgan fingerprint density at radius 2 is 2.36 bits per heavy atom. The molecule has 1 unspecified atom stereocenters. The van der Waals surface area contributed by atoms with Gasteiger partial charge in [-0.25, -0.2) is 0 Å². The maximum absolute atomic E-state index is 4.45. The highest BCUT2D eigenvalue weighted by Crippen LogP contribution is 2.21. The standard InChI is InChI=1S/C10H10BrIN2/c1-6-5-13-10(14-6)8-3-2-7(12)4-9(8)11/h2-4,6H,5H2,1H3,(H,13,14). The zero-order chi connectivity index (χ0) is 10.1. The zero-order valence-electron chi connectivity index (χ0n) is 7.72. The molecule has 1 heterocycles. The highest BCUT2D eigenvalue weighted by molar-refractivity contribution is 14.1. The van der Waals surface area contributed by atoms with E-state index in [-0.39, 0.29) is 0 Å².